The predicted octanol–water partition coefficient (Wildman–Crippen LogP) is 24.5. The number of hydrogen-bond acceptors (Lipinski definition) is 6. The molecule has 6 heteroatoms. The summed E-state index contributed by atoms with van der Waals surface area (Å²) in [4.78, 5) is 38.5. The summed E-state index contributed by atoms with van der Waals surface area (Å²) in [6, 6.07) is 0. The smallest absolute Gasteiger partial charge is 0.306 e. The molecule has 0 heterocycles. The van der Waals surface area contributed by atoms with Crippen LogP contribution in [-0.4, -0.2) is 37.2 Å². The minimum Gasteiger partial charge on any atom is -0.462 e. The van der Waals surface area contributed by atoms with Crippen LogP contribution in [0, 0.1) is 0 Å². The maximum Gasteiger partial charge on any atom is 0.306 e. The van der Waals surface area contributed by atoms with Gasteiger partial charge in [0.1, 0.15) is 13.2 Å². The summed E-state index contributed by atoms with van der Waals surface area (Å²) in [6.07, 6.45) is 87.0. The maximum absolute atomic E-state index is 13.0. The van der Waals surface area contributed by atoms with E-state index in [4.69, 9.17) is 14.2 Å². The van der Waals surface area contributed by atoms with Gasteiger partial charge in [0.15, 0.2) is 6.10 Å². The van der Waals surface area contributed by atoms with Crippen molar-refractivity contribution in [2.45, 2.75) is 393 Å². The van der Waals surface area contributed by atoms with Crippen molar-refractivity contribution in [1.29, 1.82) is 0 Å². The van der Waals surface area contributed by atoms with Gasteiger partial charge in [-0.3, -0.25) is 14.4 Å². The van der Waals surface area contributed by atoms with Gasteiger partial charge in [-0.1, -0.05) is 313 Å². The van der Waals surface area contributed by atoms with Gasteiger partial charge in [0.2, 0.25) is 0 Å². The first-order valence-corrected chi connectivity index (χ1v) is 35.6. The first-order valence-electron chi connectivity index (χ1n) is 35.6. The van der Waals surface area contributed by atoms with Crippen LogP contribution >= 0.6 is 0 Å². The van der Waals surface area contributed by atoms with Crippen molar-refractivity contribution >= 4 is 17.9 Å². The second-order valence-corrected chi connectivity index (χ2v) is 24.1. The Labute approximate surface area is 498 Å². The molecule has 80 heavy (non-hydrogen) atoms. The Bertz CT molecular complexity index is 1380. The third-order valence-electron chi connectivity index (χ3n) is 16.0. The van der Waals surface area contributed by atoms with E-state index in [9.17, 15) is 14.4 Å². The molecule has 0 aliphatic heterocycles. The lowest BCUT2D eigenvalue weighted by molar-refractivity contribution is -0.167. The topological polar surface area (TPSA) is 78.9 Å². The molecule has 0 aliphatic rings. The third kappa shape index (κ3) is 66.2. The lowest BCUT2D eigenvalue weighted by Gasteiger charge is -2.18. The SMILES string of the molecule is CCCCCCC/C=C\C/C=C\CCCCCCCCCCCCCCCC(=O)OCC(COC(=O)CCCCCCC/C=C\CCCCCCCCC)OC(=O)CCCCCCCCCCC/C=C\CCCCCCCCCC. The van der Waals surface area contributed by atoms with Crippen LogP contribution in [0.4, 0.5) is 0 Å². The van der Waals surface area contributed by atoms with Crippen LogP contribution in [0.15, 0.2) is 48.6 Å². The van der Waals surface area contributed by atoms with E-state index < -0.39 is 6.10 Å². The van der Waals surface area contributed by atoms with E-state index in [2.05, 4.69) is 69.4 Å². The van der Waals surface area contributed by atoms with Crippen LogP contribution in [0.25, 0.3) is 0 Å². The van der Waals surface area contributed by atoms with Gasteiger partial charge >= 0.3 is 17.9 Å². The Morgan fingerprint density at radius 2 is 0.450 bits per heavy atom. The van der Waals surface area contributed by atoms with Gasteiger partial charge in [0.05, 0.1) is 0 Å². The lowest BCUT2D eigenvalue weighted by atomic mass is 10.0. The van der Waals surface area contributed by atoms with Crippen LogP contribution in [0.2, 0.25) is 0 Å². The quantitative estimate of drug-likeness (QED) is 0.0261. The van der Waals surface area contributed by atoms with E-state index in [0.717, 1.165) is 70.6 Å². The van der Waals surface area contributed by atoms with Crippen LogP contribution in [-0.2, 0) is 28.6 Å². The highest BCUT2D eigenvalue weighted by molar-refractivity contribution is 5.71. The van der Waals surface area contributed by atoms with E-state index >= 15 is 0 Å². The second-order valence-electron chi connectivity index (χ2n) is 24.1. The zero-order valence-electron chi connectivity index (χ0n) is 53.9. The second kappa shape index (κ2) is 68.9. The fourth-order valence-corrected chi connectivity index (χ4v) is 10.6. The Morgan fingerprint density at radius 1 is 0.250 bits per heavy atom. The summed E-state index contributed by atoms with van der Waals surface area (Å²) < 4.78 is 17.0. The highest BCUT2D eigenvalue weighted by atomic mass is 16.6. The molecule has 0 aliphatic carbocycles. The van der Waals surface area contributed by atoms with Gasteiger partial charge in [-0.05, 0) is 103 Å². The van der Waals surface area contributed by atoms with Gasteiger partial charge in [-0.15, -0.1) is 0 Å². The molecule has 0 fully saturated rings. The van der Waals surface area contributed by atoms with Gasteiger partial charge in [-0.2, -0.15) is 0 Å². The first-order chi connectivity index (χ1) is 39.5. The average Bonchev–Trinajstić information content (AvgIpc) is 3.46. The molecule has 1 unspecified atom stereocenters. The molecule has 468 valence electrons. The Morgan fingerprint density at radius 3 is 0.700 bits per heavy atom. The number of carbonyl (C=O) groups is 3. The normalized spacial score (nSPS) is 12.3. The van der Waals surface area contributed by atoms with Crippen LogP contribution < -0.4 is 0 Å². The van der Waals surface area contributed by atoms with Crippen molar-refractivity contribution in [3.63, 3.8) is 0 Å². The first kappa shape index (κ1) is 77.4. The van der Waals surface area contributed by atoms with E-state index in [1.165, 1.54) is 276 Å². The molecule has 0 N–H and O–H groups in total. The Hall–Kier alpha value is -2.63. The predicted molar refractivity (Wildman–Crippen MR) is 349 cm³/mol. The van der Waals surface area contributed by atoms with Crippen LogP contribution in [0.1, 0.15) is 387 Å². The highest BCUT2D eigenvalue weighted by Crippen LogP contribution is 2.18. The molecule has 0 saturated heterocycles. The summed E-state index contributed by atoms with van der Waals surface area (Å²) in [5.41, 5.74) is 0. The standard InChI is InChI=1S/C74H136O6/c1-4-7-10-13-16-19-22-25-28-31-33-35-36-37-38-40-41-43-46-49-52-55-58-61-64-67-73(76)79-70-71(69-78-72(75)66-63-60-57-54-51-48-45-30-27-24-21-18-15-12-9-6-3)80-74(77)68-65-62-59-56-53-50-47-44-42-39-34-32-29-26-23-20-17-14-11-8-5-2/h22,25,30-34,45,71H,4-21,23-24,26-29,35-44,46-70H2,1-3H3/b25-22-,33-31-,34-32-,45-30-. The molecule has 0 aromatic heterocycles. The zero-order valence-corrected chi connectivity index (χ0v) is 53.9. The number of hydrogen-bond donors (Lipinski definition) is 0. The molecule has 1 atom stereocenters. The zero-order chi connectivity index (χ0) is 57.8. The monoisotopic (exact) mass is 1120 g/mol. The Kier molecular flexibility index (Phi) is 66.6. The number of rotatable bonds is 66. The summed E-state index contributed by atoms with van der Waals surface area (Å²) >= 11 is 0. The van der Waals surface area contributed by atoms with Gasteiger partial charge < -0.3 is 14.2 Å². The summed E-state index contributed by atoms with van der Waals surface area (Å²) in [5.74, 6) is -0.859. The van der Waals surface area contributed by atoms with E-state index in [0.29, 0.717) is 19.3 Å². The molecular formula is C74H136O6. The minimum atomic E-state index is -0.779. The summed E-state index contributed by atoms with van der Waals surface area (Å²) in [5, 5.41) is 0. The van der Waals surface area contributed by atoms with Gasteiger partial charge in [-0.25, -0.2) is 0 Å². The van der Waals surface area contributed by atoms with Crippen LogP contribution in [0.3, 0.4) is 0 Å². The maximum atomic E-state index is 13.0. The number of ether oxygens (including phenoxy) is 3. The molecule has 0 amide bonds. The van der Waals surface area contributed by atoms with Gasteiger partial charge in [0.25, 0.3) is 0 Å². The van der Waals surface area contributed by atoms with Crippen molar-refractivity contribution in [1.82, 2.24) is 0 Å². The number of esters is 3. The van der Waals surface area contributed by atoms with E-state index in [1.54, 1.807) is 0 Å². The van der Waals surface area contributed by atoms with Gasteiger partial charge in [0, 0.05) is 19.3 Å². The van der Waals surface area contributed by atoms with Crippen molar-refractivity contribution in [3.05, 3.63) is 48.6 Å². The summed E-state index contributed by atoms with van der Waals surface area (Å²) in [7, 11) is 0. The molecule has 0 radical (unpaired) electrons. The molecule has 0 spiro atoms. The molecule has 6 nitrogen and oxygen atoms in total. The van der Waals surface area contributed by atoms with Crippen molar-refractivity contribution in [3.8, 4) is 0 Å². The van der Waals surface area contributed by atoms with Crippen molar-refractivity contribution < 1.29 is 28.6 Å². The van der Waals surface area contributed by atoms with E-state index in [1.807, 2.05) is 0 Å². The molecule has 0 aromatic rings. The highest BCUT2D eigenvalue weighted by Gasteiger charge is 2.19. The third-order valence-corrected chi connectivity index (χ3v) is 16.0. The van der Waals surface area contributed by atoms with Crippen molar-refractivity contribution in [2.75, 3.05) is 13.2 Å². The molecule has 0 rings (SSSR count). The molecule has 0 aromatic carbocycles. The number of allylic oxidation sites excluding steroid dienone is 8. The van der Waals surface area contributed by atoms with Crippen LogP contribution in [0.5, 0.6) is 0 Å². The summed E-state index contributed by atoms with van der Waals surface area (Å²) in [6.45, 7) is 6.68. The molecule has 0 bridgehead atoms. The van der Waals surface area contributed by atoms with E-state index in [-0.39, 0.29) is 31.1 Å². The molecular weight excluding hydrogens is 985 g/mol. The average molecular weight is 1120 g/mol. The minimum absolute atomic E-state index is 0.0737. The fourth-order valence-electron chi connectivity index (χ4n) is 10.6. The largest absolute Gasteiger partial charge is 0.462 e. The number of unbranched alkanes of at least 4 members (excludes halogenated alkanes) is 47. The number of carbonyl (C=O) groups excluding carboxylic acids is 3. The Balaban J connectivity index is 4.31. The van der Waals surface area contributed by atoms with Crippen molar-refractivity contribution in [2.24, 2.45) is 0 Å². The fraction of sp³-hybridized carbons (Fsp3) is 0.851. The lowest BCUT2D eigenvalue weighted by Crippen LogP contribution is -2.30. The molecule has 0 saturated carbocycles.